The largest absolute Gasteiger partial charge is 0.455 e. The minimum atomic E-state index is -0.0236. The fourth-order valence-electron chi connectivity index (χ4n) is 8.79. The molecule has 11 aromatic rings. The summed E-state index contributed by atoms with van der Waals surface area (Å²) in [6.07, 6.45) is 7.50. The topological polar surface area (TPSA) is 65.0 Å². The van der Waals surface area contributed by atoms with E-state index in [-0.39, 0.29) is 5.92 Å². The Bertz CT molecular complexity index is 3500. The van der Waals surface area contributed by atoms with Gasteiger partial charge in [-0.05, 0) is 75.7 Å². The molecule has 0 saturated heterocycles. The summed E-state index contributed by atoms with van der Waals surface area (Å²) in [7, 11) is 0. The molecular weight excluding hydrogens is 711 g/mol. The van der Waals surface area contributed by atoms with E-state index in [4.69, 9.17) is 23.8 Å². The number of hydrogen-bond donors (Lipinski definition) is 0. The number of hydrogen-bond acceptors (Lipinski definition) is 5. The van der Waals surface area contributed by atoms with Crippen LogP contribution < -0.4 is 0 Å². The zero-order valence-electron chi connectivity index (χ0n) is 31.3. The van der Waals surface area contributed by atoms with Crippen LogP contribution >= 0.6 is 0 Å². The lowest BCUT2D eigenvalue weighted by Gasteiger charge is -2.17. The van der Waals surface area contributed by atoms with E-state index >= 15 is 0 Å². The van der Waals surface area contributed by atoms with Crippen LogP contribution in [0.5, 0.6) is 0 Å². The van der Waals surface area contributed by atoms with Crippen molar-refractivity contribution >= 4 is 71.0 Å². The molecule has 0 fully saturated rings. The fourth-order valence-corrected chi connectivity index (χ4v) is 8.79. The van der Waals surface area contributed by atoms with Crippen molar-refractivity contribution in [1.82, 2.24) is 15.0 Å². The van der Waals surface area contributed by atoms with Crippen molar-refractivity contribution in [1.29, 1.82) is 0 Å². The maximum Gasteiger partial charge on any atom is 0.164 e. The predicted molar refractivity (Wildman–Crippen MR) is 237 cm³/mol. The first-order valence-corrected chi connectivity index (χ1v) is 19.7. The Morgan fingerprint density at radius 1 is 0.448 bits per heavy atom. The van der Waals surface area contributed by atoms with E-state index in [2.05, 4.69) is 158 Å². The van der Waals surface area contributed by atoms with Crippen LogP contribution in [-0.2, 0) is 0 Å². The van der Waals surface area contributed by atoms with E-state index in [0.717, 1.165) is 94.5 Å². The van der Waals surface area contributed by atoms with Gasteiger partial charge in [0.15, 0.2) is 11.6 Å². The standard InChI is InChI=1S/C53H33N3O2/c1-2-12-32(13-3-1)34-22-25-35(26-23-34)51-54-52(38-27-24-33-14-4-5-15-36(33)30-38)56-53(55-51)43-29-28-40(50-47(43)41-18-8-10-20-45(41)58-50)44-31-37-16-6-7-17-39(37)49-48(44)42-19-9-11-21-46(42)57-49/h1-25,27-31,35H,26H2. The first-order valence-electron chi connectivity index (χ1n) is 19.7. The van der Waals surface area contributed by atoms with Crippen molar-refractivity contribution in [2.45, 2.75) is 12.3 Å². The number of fused-ring (bicyclic) bond motifs is 9. The molecule has 0 saturated carbocycles. The highest BCUT2D eigenvalue weighted by Crippen LogP contribution is 2.47. The molecule has 58 heavy (non-hydrogen) atoms. The second-order valence-corrected chi connectivity index (χ2v) is 15.0. The van der Waals surface area contributed by atoms with Crippen molar-refractivity contribution < 1.29 is 8.83 Å². The van der Waals surface area contributed by atoms with E-state index in [0.29, 0.717) is 11.6 Å². The van der Waals surface area contributed by atoms with Gasteiger partial charge in [0.05, 0.1) is 0 Å². The lowest BCUT2D eigenvalue weighted by molar-refractivity contribution is 0.670. The lowest BCUT2D eigenvalue weighted by atomic mass is 9.92. The molecule has 0 spiro atoms. The molecule has 5 heteroatoms. The van der Waals surface area contributed by atoms with Gasteiger partial charge >= 0.3 is 0 Å². The SMILES string of the molecule is C1=CC(c2nc(-c3ccc4ccccc4c3)nc(-c3ccc(-c4cc5ccccc5c5oc6ccccc6c45)c4oc5ccccc5c34)n2)CC=C1c1ccccc1. The van der Waals surface area contributed by atoms with Gasteiger partial charge in [-0.25, -0.2) is 15.0 Å². The minimum Gasteiger partial charge on any atom is -0.455 e. The van der Waals surface area contributed by atoms with Gasteiger partial charge in [-0.15, -0.1) is 0 Å². The molecule has 0 N–H and O–H groups in total. The number of aromatic nitrogens is 3. The van der Waals surface area contributed by atoms with Crippen LogP contribution in [0.1, 0.15) is 23.7 Å². The second kappa shape index (κ2) is 13.0. The Balaban J connectivity index is 1.09. The zero-order chi connectivity index (χ0) is 38.2. The number of benzene rings is 8. The third-order valence-corrected chi connectivity index (χ3v) is 11.6. The Hall–Kier alpha value is -7.63. The molecule has 272 valence electrons. The van der Waals surface area contributed by atoms with Crippen LogP contribution in [-0.4, -0.2) is 15.0 Å². The summed E-state index contributed by atoms with van der Waals surface area (Å²) >= 11 is 0. The van der Waals surface area contributed by atoms with Gasteiger partial charge < -0.3 is 8.83 Å². The molecule has 3 heterocycles. The quantitative estimate of drug-likeness (QED) is 0.176. The maximum absolute atomic E-state index is 6.89. The van der Waals surface area contributed by atoms with Gasteiger partial charge in [0.1, 0.15) is 28.2 Å². The van der Waals surface area contributed by atoms with E-state index in [1.54, 1.807) is 0 Å². The number of furan rings is 2. The average molecular weight is 744 g/mol. The summed E-state index contributed by atoms with van der Waals surface area (Å²) in [5.41, 5.74) is 9.58. The highest BCUT2D eigenvalue weighted by molar-refractivity contribution is 6.24. The predicted octanol–water partition coefficient (Wildman–Crippen LogP) is 14.1. The summed E-state index contributed by atoms with van der Waals surface area (Å²) in [5, 5.41) is 8.60. The number of rotatable bonds is 5. The molecule has 0 bridgehead atoms. The molecule has 1 aliphatic rings. The lowest BCUT2D eigenvalue weighted by Crippen LogP contribution is -2.08. The van der Waals surface area contributed by atoms with Crippen LogP contribution in [0.2, 0.25) is 0 Å². The number of nitrogens with zero attached hydrogens (tertiary/aromatic N) is 3. The third kappa shape index (κ3) is 5.21. The summed E-state index contributed by atoms with van der Waals surface area (Å²) < 4.78 is 13.5. The van der Waals surface area contributed by atoms with Gasteiger partial charge in [0.2, 0.25) is 0 Å². The molecule has 3 aromatic heterocycles. The van der Waals surface area contributed by atoms with Crippen LogP contribution in [0, 0.1) is 0 Å². The first kappa shape index (κ1) is 32.6. The van der Waals surface area contributed by atoms with Gasteiger partial charge in [-0.2, -0.15) is 0 Å². The molecule has 1 unspecified atom stereocenters. The smallest absolute Gasteiger partial charge is 0.164 e. The van der Waals surface area contributed by atoms with E-state index < -0.39 is 0 Å². The average Bonchev–Trinajstić information content (AvgIpc) is 3.89. The van der Waals surface area contributed by atoms with Crippen LogP contribution in [0.4, 0.5) is 0 Å². The monoisotopic (exact) mass is 743 g/mol. The molecule has 8 aromatic carbocycles. The summed E-state index contributed by atoms with van der Waals surface area (Å²) in [6, 6.07) is 56.9. The minimum absolute atomic E-state index is 0.0236. The fraction of sp³-hybridized carbons (Fsp3) is 0.0377. The maximum atomic E-state index is 6.89. The van der Waals surface area contributed by atoms with Crippen molar-refractivity contribution in [3.8, 4) is 33.9 Å². The van der Waals surface area contributed by atoms with Gasteiger partial charge in [-0.1, -0.05) is 146 Å². The molecular formula is C53H33N3O2. The van der Waals surface area contributed by atoms with Crippen molar-refractivity contribution in [3.05, 3.63) is 193 Å². The molecule has 0 aliphatic heterocycles. The van der Waals surface area contributed by atoms with E-state index in [1.165, 1.54) is 16.5 Å². The number of para-hydroxylation sites is 2. The van der Waals surface area contributed by atoms with Gasteiger partial charge in [0.25, 0.3) is 0 Å². The highest BCUT2D eigenvalue weighted by atomic mass is 16.3. The van der Waals surface area contributed by atoms with Gasteiger partial charge in [-0.3, -0.25) is 0 Å². The molecule has 0 amide bonds. The van der Waals surface area contributed by atoms with Crippen LogP contribution in [0.25, 0.3) is 105 Å². The van der Waals surface area contributed by atoms with E-state index in [1.807, 2.05) is 24.3 Å². The molecule has 5 nitrogen and oxygen atoms in total. The normalized spacial score (nSPS) is 14.3. The number of allylic oxidation sites excluding steroid dienone is 4. The highest BCUT2D eigenvalue weighted by Gasteiger charge is 2.25. The third-order valence-electron chi connectivity index (χ3n) is 11.6. The molecule has 12 rings (SSSR count). The van der Waals surface area contributed by atoms with Crippen LogP contribution in [0.15, 0.2) is 191 Å². The van der Waals surface area contributed by atoms with Crippen LogP contribution in [0.3, 0.4) is 0 Å². The van der Waals surface area contributed by atoms with Crippen molar-refractivity contribution in [2.75, 3.05) is 0 Å². The summed E-state index contributed by atoms with van der Waals surface area (Å²) in [6.45, 7) is 0. The van der Waals surface area contributed by atoms with E-state index in [9.17, 15) is 0 Å². The first-order chi connectivity index (χ1) is 28.7. The Kier molecular flexibility index (Phi) is 7.29. The Morgan fingerprint density at radius 2 is 1.09 bits per heavy atom. The Labute approximate surface area is 333 Å². The molecule has 1 atom stereocenters. The van der Waals surface area contributed by atoms with Crippen molar-refractivity contribution in [3.63, 3.8) is 0 Å². The van der Waals surface area contributed by atoms with Gasteiger partial charge in [0, 0.05) is 49.5 Å². The Morgan fingerprint density at radius 3 is 1.86 bits per heavy atom. The summed E-state index contributed by atoms with van der Waals surface area (Å²) in [5.74, 6) is 1.96. The molecule has 0 radical (unpaired) electrons. The molecule has 1 aliphatic carbocycles. The van der Waals surface area contributed by atoms with Crippen molar-refractivity contribution in [2.24, 2.45) is 0 Å². The summed E-state index contributed by atoms with van der Waals surface area (Å²) in [4.78, 5) is 15.8. The second-order valence-electron chi connectivity index (χ2n) is 15.0. The zero-order valence-corrected chi connectivity index (χ0v) is 31.3.